The Morgan fingerprint density at radius 1 is 0.333 bits per heavy atom. The van der Waals surface area contributed by atoms with Crippen LogP contribution in [-0.2, 0) is 0 Å². The van der Waals surface area contributed by atoms with Crippen LogP contribution in [0.3, 0.4) is 0 Å². The second-order valence-corrected chi connectivity index (χ2v) is 12.8. The maximum absolute atomic E-state index is 7.29. The lowest BCUT2D eigenvalue weighted by Gasteiger charge is -2.24. The summed E-state index contributed by atoms with van der Waals surface area (Å²) in [5.74, 6) is 3.09. The molecule has 0 aliphatic carbocycles. The van der Waals surface area contributed by atoms with Crippen molar-refractivity contribution in [3.05, 3.63) is 188 Å². The summed E-state index contributed by atoms with van der Waals surface area (Å²) in [6.45, 7) is 0. The molecule has 51 heavy (non-hydrogen) atoms. The van der Waals surface area contributed by atoms with Gasteiger partial charge in [0.15, 0.2) is 0 Å². The zero-order chi connectivity index (χ0) is 33.7. The molecule has 8 aromatic carbocycles. The highest BCUT2D eigenvalue weighted by molar-refractivity contribution is 6.17. The maximum Gasteiger partial charge on any atom is 0.143 e. The Hall–Kier alpha value is -6.84. The lowest BCUT2D eigenvalue weighted by molar-refractivity contribution is 0.473. The van der Waals surface area contributed by atoms with Crippen LogP contribution in [0.1, 0.15) is 0 Å². The van der Waals surface area contributed by atoms with Gasteiger partial charge in [0, 0.05) is 44.3 Å². The van der Waals surface area contributed by atoms with Gasteiger partial charge in [-0.2, -0.15) is 0 Å². The van der Waals surface area contributed by atoms with Crippen LogP contribution in [0.25, 0.3) is 72.0 Å². The van der Waals surface area contributed by atoms with E-state index >= 15 is 0 Å². The molecular weight excluding hydrogens is 623 g/mol. The third-order valence-corrected chi connectivity index (χ3v) is 9.89. The van der Waals surface area contributed by atoms with Crippen molar-refractivity contribution < 1.29 is 9.47 Å². The number of nitrogens with zero attached hydrogens (tertiary/aromatic N) is 1. The molecule has 9 aromatic rings. The van der Waals surface area contributed by atoms with E-state index in [2.05, 4.69) is 168 Å². The molecule has 2 heterocycles. The summed E-state index contributed by atoms with van der Waals surface area (Å²) < 4.78 is 16.6. The summed E-state index contributed by atoms with van der Waals surface area (Å²) in [6, 6.07) is 65.7. The van der Waals surface area contributed by atoms with Gasteiger partial charge in [-0.05, 0) is 59.2 Å². The molecule has 0 saturated heterocycles. The molecule has 0 N–H and O–H groups in total. The Balaban J connectivity index is 1.30. The molecule has 1 aliphatic heterocycles. The first-order valence-electron chi connectivity index (χ1n) is 17.3. The largest absolute Gasteiger partial charge is 0.456 e. The monoisotopic (exact) mass is 653 g/mol. The molecule has 0 saturated carbocycles. The fourth-order valence-corrected chi connectivity index (χ4v) is 7.69. The minimum absolute atomic E-state index is 0.761. The van der Waals surface area contributed by atoms with Gasteiger partial charge in [0.1, 0.15) is 23.0 Å². The lowest BCUT2D eigenvalue weighted by atomic mass is 9.90. The van der Waals surface area contributed by atoms with E-state index in [0.29, 0.717) is 0 Å². The minimum atomic E-state index is 0.761. The van der Waals surface area contributed by atoms with Crippen LogP contribution in [0.5, 0.6) is 23.0 Å². The van der Waals surface area contributed by atoms with Crippen LogP contribution in [0.2, 0.25) is 0 Å². The number of fused-ring (bicyclic) bond motifs is 9. The molecule has 0 radical (unpaired) electrons. The highest BCUT2D eigenvalue weighted by Crippen LogP contribution is 2.52. The van der Waals surface area contributed by atoms with Gasteiger partial charge in [0.25, 0.3) is 0 Å². The summed E-state index contributed by atoms with van der Waals surface area (Å²) in [7, 11) is 0. The van der Waals surface area contributed by atoms with Crippen LogP contribution in [0.15, 0.2) is 188 Å². The van der Waals surface area contributed by atoms with E-state index in [4.69, 9.17) is 9.47 Å². The number of rotatable bonds is 3. The molecule has 240 valence electrons. The molecule has 0 fully saturated rings. The Labute approximate surface area is 296 Å². The normalized spacial score (nSPS) is 11.8. The van der Waals surface area contributed by atoms with Crippen LogP contribution < -0.4 is 9.47 Å². The number of hydrogen-bond donors (Lipinski definition) is 0. The Morgan fingerprint density at radius 2 is 0.882 bits per heavy atom. The van der Waals surface area contributed by atoms with Crippen molar-refractivity contribution >= 4 is 21.8 Å². The SMILES string of the molecule is c1ccc(-c2cccc3c2Oc2cccc(-c4cccc5c4c4ccccc4n5-c4ccccc4)c2-c2ccccc2Oc2ccccc2-3)cc1. The van der Waals surface area contributed by atoms with Crippen molar-refractivity contribution in [2.45, 2.75) is 0 Å². The average molecular weight is 654 g/mol. The minimum Gasteiger partial charge on any atom is -0.456 e. The smallest absolute Gasteiger partial charge is 0.143 e. The van der Waals surface area contributed by atoms with Gasteiger partial charge in [0.05, 0.1) is 11.0 Å². The van der Waals surface area contributed by atoms with E-state index in [1.165, 1.54) is 10.8 Å². The van der Waals surface area contributed by atoms with Gasteiger partial charge < -0.3 is 14.0 Å². The Morgan fingerprint density at radius 3 is 1.73 bits per heavy atom. The van der Waals surface area contributed by atoms with Crippen LogP contribution >= 0.6 is 0 Å². The van der Waals surface area contributed by atoms with Crippen LogP contribution in [0, 0.1) is 0 Å². The summed E-state index contributed by atoms with van der Waals surface area (Å²) in [6.07, 6.45) is 0. The summed E-state index contributed by atoms with van der Waals surface area (Å²) in [4.78, 5) is 0. The third-order valence-electron chi connectivity index (χ3n) is 9.89. The Kier molecular flexibility index (Phi) is 6.81. The number of benzene rings is 8. The second-order valence-electron chi connectivity index (χ2n) is 12.8. The first-order chi connectivity index (χ1) is 25.3. The van der Waals surface area contributed by atoms with Gasteiger partial charge in [-0.1, -0.05) is 146 Å². The van der Waals surface area contributed by atoms with Crippen LogP contribution in [0.4, 0.5) is 0 Å². The first-order valence-corrected chi connectivity index (χ1v) is 17.3. The fourth-order valence-electron chi connectivity index (χ4n) is 7.69. The standard InChI is InChI=1S/C48H31NO2/c1-3-16-32(17-4-1)34-23-13-26-38-35-20-8-11-29-43(35)50-44-30-12-9-22-40(44)47-37(25-15-31-45(47)51-48(34)38)36-24-14-28-42-46(36)39-21-7-10-27-41(39)49(42)33-18-5-2-6-19-33/h1-31H. The van der Waals surface area contributed by atoms with E-state index < -0.39 is 0 Å². The van der Waals surface area contributed by atoms with E-state index in [0.717, 1.165) is 84.2 Å². The molecule has 0 atom stereocenters. The summed E-state index contributed by atoms with van der Waals surface area (Å²) in [5, 5.41) is 2.39. The second kappa shape index (κ2) is 11.9. The van der Waals surface area contributed by atoms with Crippen molar-refractivity contribution in [3.8, 4) is 73.2 Å². The zero-order valence-electron chi connectivity index (χ0n) is 27.7. The highest BCUT2D eigenvalue weighted by Gasteiger charge is 2.26. The number of para-hydroxylation sites is 5. The predicted octanol–water partition coefficient (Wildman–Crippen LogP) is 13.3. The van der Waals surface area contributed by atoms with E-state index in [1.807, 2.05) is 24.3 Å². The molecule has 3 heteroatoms. The molecular formula is C48H31NO2. The van der Waals surface area contributed by atoms with Crippen molar-refractivity contribution in [2.75, 3.05) is 0 Å². The molecule has 1 aromatic heterocycles. The van der Waals surface area contributed by atoms with Gasteiger partial charge in [-0.25, -0.2) is 0 Å². The van der Waals surface area contributed by atoms with E-state index in [1.54, 1.807) is 0 Å². The van der Waals surface area contributed by atoms with Crippen molar-refractivity contribution in [1.82, 2.24) is 4.57 Å². The van der Waals surface area contributed by atoms with Gasteiger partial charge in [0.2, 0.25) is 0 Å². The molecule has 10 rings (SSSR count). The van der Waals surface area contributed by atoms with Gasteiger partial charge in [-0.3, -0.25) is 0 Å². The highest BCUT2D eigenvalue weighted by atomic mass is 16.5. The topological polar surface area (TPSA) is 23.4 Å². The van der Waals surface area contributed by atoms with Crippen molar-refractivity contribution in [1.29, 1.82) is 0 Å². The number of ether oxygens (including phenoxy) is 2. The van der Waals surface area contributed by atoms with Crippen molar-refractivity contribution in [2.24, 2.45) is 0 Å². The first kappa shape index (κ1) is 29.1. The lowest BCUT2D eigenvalue weighted by Crippen LogP contribution is -2.00. The molecule has 0 unspecified atom stereocenters. The maximum atomic E-state index is 7.29. The predicted molar refractivity (Wildman–Crippen MR) is 209 cm³/mol. The molecule has 3 nitrogen and oxygen atoms in total. The van der Waals surface area contributed by atoms with Gasteiger partial charge >= 0.3 is 0 Å². The number of hydrogen-bond acceptors (Lipinski definition) is 2. The quantitative estimate of drug-likeness (QED) is 0.189. The average Bonchev–Trinajstić information content (AvgIpc) is 3.54. The molecule has 1 aliphatic rings. The molecule has 0 spiro atoms. The molecule has 0 bridgehead atoms. The summed E-state index contributed by atoms with van der Waals surface area (Å²) >= 11 is 0. The zero-order valence-corrected chi connectivity index (χ0v) is 27.7. The third kappa shape index (κ3) is 4.74. The Bertz CT molecular complexity index is 2740. The number of aromatic nitrogens is 1. The van der Waals surface area contributed by atoms with E-state index in [-0.39, 0.29) is 0 Å². The summed E-state index contributed by atoms with van der Waals surface area (Å²) in [5.41, 5.74) is 11.6. The van der Waals surface area contributed by atoms with Crippen molar-refractivity contribution in [3.63, 3.8) is 0 Å². The molecule has 0 amide bonds. The van der Waals surface area contributed by atoms with Gasteiger partial charge in [-0.15, -0.1) is 0 Å². The van der Waals surface area contributed by atoms with E-state index in [9.17, 15) is 0 Å². The fraction of sp³-hybridized carbons (Fsp3) is 0. The van der Waals surface area contributed by atoms with Crippen LogP contribution in [-0.4, -0.2) is 4.57 Å².